The fourth-order valence-corrected chi connectivity index (χ4v) is 1.80. The van der Waals surface area contributed by atoms with Crippen LogP contribution in [0.15, 0.2) is 12.1 Å². The molecule has 0 N–H and O–H groups in total. The number of hydrogen-bond acceptors (Lipinski definition) is 2. The Morgan fingerprint density at radius 3 is 2.21 bits per heavy atom. The summed E-state index contributed by atoms with van der Waals surface area (Å²) in [6, 6.07) is 1.41. The maximum absolute atomic E-state index is 12.9. The van der Waals surface area contributed by atoms with E-state index in [1.54, 1.807) is 0 Å². The highest BCUT2D eigenvalue weighted by Gasteiger charge is 2.18. The molecule has 2 nitrogen and oxygen atoms in total. The molecule has 7 heteroatoms. The van der Waals surface area contributed by atoms with Crippen LogP contribution in [0.1, 0.15) is 5.56 Å². The van der Waals surface area contributed by atoms with E-state index in [1.807, 2.05) is 0 Å². The first-order chi connectivity index (χ1) is 6.31. The molecular weight excluding hydrogens is 241 g/mol. The fraction of sp³-hybridized carbons (Fsp3) is 0.143. The lowest BCUT2D eigenvalue weighted by Gasteiger charge is -2.03. The Morgan fingerprint density at radius 1 is 1.21 bits per heavy atom. The Labute approximate surface area is 83.5 Å². The van der Waals surface area contributed by atoms with Gasteiger partial charge in [0.25, 0.3) is 0 Å². The van der Waals surface area contributed by atoms with Crippen LogP contribution in [0.5, 0.6) is 0 Å². The molecule has 1 rings (SSSR count). The number of benzene rings is 1. The third-order valence-corrected chi connectivity index (χ3v) is 2.50. The zero-order valence-corrected chi connectivity index (χ0v) is 8.17. The maximum atomic E-state index is 12.9. The van der Waals surface area contributed by atoms with Crippen LogP contribution >= 0.6 is 11.6 Å². The van der Waals surface area contributed by atoms with Gasteiger partial charge in [-0.15, -0.1) is 3.89 Å². The van der Waals surface area contributed by atoms with Crippen molar-refractivity contribution in [3.8, 4) is 0 Å². The van der Waals surface area contributed by atoms with E-state index in [0.29, 0.717) is 6.07 Å². The third kappa shape index (κ3) is 2.62. The molecule has 0 aliphatic rings. The highest BCUT2D eigenvalue weighted by Crippen LogP contribution is 2.24. The van der Waals surface area contributed by atoms with Crippen molar-refractivity contribution in [1.29, 1.82) is 0 Å². The predicted molar refractivity (Wildman–Crippen MR) is 45.1 cm³/mol. The van der Waals surface area contributed by atoms with Crippen LogP contribution < -0.4 is 0 Å². The van der Waals surface area contributed by atoms with Crippen LogP contribution in [0.2, 0.25) is 5.02 Å². The van der Waals surface area contributed by atoms with E-state index in [4.69, 9.17) is 11.6 Å². The van der Waals surface area contributed by atoms with Crippen LogP contribution in [-0.2, 0) is 16.0 Å². The average Bonchev–Trinajstić information content (AvgIpc) is 2.04. The predicted octanol–water partition coefficient (Wildman–Crippen LogP) is 2.42. The van der Waals surface area contributed by atoms with Crippen molar-refractivity contribution in [3.63, 3.8) is 0 Å². The number of halogens is 4. The standard InChI is InChI=1S/C7H4ClF3O2S/c8-7-4(3-14(11,12)13)5(9)1-2-6(7)10/h1-2H,3H2. The second-order valence-corrected chi connectivity index (χ2v) is 4.25. The van der Waals surface area contributed by atoms with Gasteiger partial charge in [0.15, 0.2) is 0 Å². The van der Waals surface area contributed by atoms with Gasteiger partial charge < -0.3 is 0 Å². The normalized spacial score (nSPS) is 11.7. The minimum absolute atomic E-state index is 0.682. The van der Waals surface area contributed by atoms with E-state index < -0.39 is 38.2 Å². The second kappa shape index (κ2) is 3.78. The van der Waals surface area contributed by atoms with Gasteiger partial charge >= 0.3 is 10.2 Å². The minimum Gasteiger partial charge on any atom is -0.207 e. The van der Waals surface area contributed by atoms with Crippen LogP contribution in [0.25, 0.3) is 0 Å². The van der Waals surface area contributed by atoms with Gasteiger partial charge in [-0.05, 0) is 12.1 Å². The largest absolute Gasteiger partial charge is 0.306 e. The molecule has 0 aromatic heterocycles. The van der Waals surface area contributed by atoms with Crippen molar-refractivity contribution in [2.45, 2.75) is 5.75 Å². The molecule has 0 fully saturated rings. The Bertz CT molecular complexity index is 458. The topological polar surface area (TPSA) is 34.1 Å². The molecule has 0 saturated carbocycles. The molecule has 1 aromatic rings. The monoisotopic (exact) mass is 244 g/mol. The zero-order valence-electron chi connectivity index (χ0n) is 6.60. The summed E-state index contributed by atoms with van der Waals surface area (Å²) in [5.74, 6) is -3.32. The lowest BCUT2D eigenvalue weighted by molar-refractivity contribution is 0.545. The summed E-state index contributed by atoms with van der Waals surface area (Å²) >= 11 is 5.26. The quantitative estimate of drug-likeness (QED) is 0.591. The molecule has 1 aromatic carbocycles. The maximum Gasteiger partial charge on any atom is 0.306 e. The summed E-state index contributed by atoms with van der Waals surface area (Å²) in [6.45, 7) is 0. The van der Waals surface area contributed by atoms with Crippen LogP contribution in [-0.4, -0.2) is 8.42 Å². The van der Waals surface area contributed by atoms with E-state index in [0.717, 1.165) is 6.07 Å². The summed E-state index contributed by atoms with van der Waals surface area (Å²) < 4.78 is 58.2. The van der Waals surface area contributed by atoms with Crippen molar-refractivity contribution >= 4 is 21.8 Å². The van der Waals surface area contributed by atoms with E-state index >= 15 is 0 Å². The van der Waals surface area contributed by atoms with Gasteiger partial charge in [0.1, 0.15) is 17.4 Å². The molecular formula is C7H4ClF3O2S. The van der Waals surface area contributed by atoms with E-state index in [1.165, 1.54) is 0 Å². The molecule has 0 aliphatic heterocycles. The molecule has 14 heavy (non-hydrogen) atoms. The fourth-order valence-electron chi connectivity index (χ4n) is 0.874. The first-order valence-corrected chi connectivity index (χ1v) is 5.29. The van der Waals surface area contributed by atoms with E-state index in [9.17, 15) is 21.1 Å². The van der Waals surface area contributed by atoms with Gasteiger partial charge in [-0.3, -0.25) is 0 Å². The van der Waals surface area contributed by atoms with Crippen molar-refractivity contribution in [1.82, 2.24) is 0 Å². The summed E-state index contributed by atoms with van der Waals surface area (Å²) in [4.78, 5) is 0. The van der Waals surface area contributed by atoms with Crippen molar-refractivity contribution in [2.75, 3.05) is 0 Å². The van der Waals surface area contributed by atoms with Crippen molar-refractivity contribution < 1.29 is 21.1 Å². The summed E-state index contributed by atoms with van der Waals surface area (Å²) in [6.07, 6.45) is 0. The van der Waals surface area contributed by atoms with Gasteiger partial charge in [0.2, 0.25) is 0 Å². The molecule has 0 heterocycles. The Balaban J connectivity index is 3.27. The van der Waals surface area contributed by atoms with Gasteiger partial charge in [-0.25, -0.2) is 8.78 Å². The second-order valence-electron chi connectivity index (χ2n) is 2.50. The molecule has 0 spiro atoms. The molecule has 78 valence electrons. The molecule has 0 amide bonds. The van der Waals surface area contributed by atoms with Gasteiger partial charge in [-0.2, -0.15) is 8.42 Å². The highest BCUT2D eigenvalue weighted by atomic mass is 35.5. The Morgan fingerprint density at radius 2 is 1.71 bits per heavy atom. The lowest BCUT2D eigenvalue weighted by Crippen LogP contribution is -2.01. The molecule has 0 saturated heterocycles. The highest BCUT2D eigenvalue weighted by molar-refractivity contribution is 7.85. The van der Waals surface area contributed by atoms with Gasteiger partial charge in [0.05, 0.1) is 5.02 Å². The molecule has 0 bridgehead atoms. The SMILES string of the molecule is O=S(=O)(F)Cc1c(F)ccc(F)c1Cl. The molecule has 0 atom stereocenters. The summed E-state index contributed by atoms with van der Waals surface area (Å²) in [5.41, 5.74) is -0.700. The van der Waals surface area contributed by atoms with Gasteiger partial charge in [0, 0.05) is 5.56 Å². The van der Waals surface area contributed by atoms with Crippen LogP contribution in [0.4, 0.5) is 12.7 Å². The van der Waals surface area contributed by atoms with Crippen LogP contribution in [0.3, 0.4) is 0 Å². The van der Waals surface area contributed by atoms with Crippen LogP contribution in [0, 0.1) is 11.6 Å². The Kier molecular flexibility index (Phi) is 3.06. The molecule has 0 aliphatic carbocycles. The van der Waals surface area contributed by atoms with E-state index in [-0.39, 0.29) is 0 Å². The number of rotatable bonds is 2. The Hall–Kier alpha value is -0.750. The molecule has 0 unspecified atom stereocenters. The third-order valence-electron chi connectivity index (χ3n) is 1.46. The number of hydrogen-bond donors (Lipinski definition) is 0. The lowest BCUT2D eigenvalue weighted by atomic mass is 10.2. The smallest absolute Gasteiger partial charge is 0.207 e. The molecule has 0 radical (unpaired) electrons. The zero-order chi connectivity index (χ0) is 10.9. The summed E-state index contributed by atoms with van der Waals surface area (Å²) in [5, 5.41) is -0.716. The van der Waals surface area contributed by atoms with Gasteiger partial charge in [-0.1, -0.05) is 11.6 Å². The average molecular weight is 245 g/mol. The van der Waals surface area contributed by atoms with Crippen molar-refractivity contribution in [2.24, 2.45) is 0 Å². The first kappa shape index (κ1) is 11.3. The van der Waals surface area contributed by atoms with Crippen molar-refractivity contribution in [3.05, 3.63) is 34.4 Å². The van der Waals surface area contributed by atoms with E-state index in [2.05, 4.69) is 0 Å². The first-order valence-electron chi connectivity index (χ1n) is 3.36. The summed E-state index contributed by atoms with van der Waals surface area (Å²) in [7, 11) is -4.93. The minimum atomic E-state index is -4.93.